The van der Waals surface area contributed by atoms with Gasteiger partial charge in [-0.15, -0.1) is 21.5 Å². The van der Waals surface area contributed by atoms with E-state index in [1.165, 1.54) is 23.1 Å². The summed E-state index contributed by atoms with van der Waals surface area (Å²) in [5, 5.41) is 16.9. The number of thiophene rings is 1. The standard InChI is InChI=1S/C10H11ClN2O3S2/c11-8-2-1-7(18-8)9-12-13-10(16-9)17-6-5-15-4-3-14/h1-2,14H,3-6H2. The highest BCUT2D eigenvalue weighted by molar-refractivity contribution is 7.99. The molecule has 98 valence electrons. The van der Waals surface area contributed by atoms with Gasteiger partial charge in [0.15, 0.2) is 0 Å². The third kappa shape index (κ3) is 3.96. The third-order valence-electron chi connectivity index (χ3n) is 1.88. The van der Waals surface area contributed by atoms with Crippen LogP contribution in [-0.2, 0) is 4.74 Å². The molecule has 0 aliphatic carbocycles. The van der Waals surface area contributed by atoms with Crippen LogP contribution in [0.5, 0.6) is 0 Å². The second kappa shape index (κ2) is 7.10. The van der Waals surface area contributed by atoms with E-state index in [1.807, 2.05) is 6.07 Å². The highest BCUT2D eigenvalue weighted by Crippen LogP contribution is 2.31. The molecule has 0 fully saturated rings. The quantitative estimate of drug-likeness (QED) is 0.626. The molecule has 0 aliphatic heterocycles. The number of aliphatic hydroxyl groups is 1. The molecule has 0 amide bonds. The molecule has 2 heterocycles. The van der Waals surface area contributed by atoms with Crippen LogP contribution in [0.2, 0.25) is 4.34 Å². The van der Waals surface area contributed by atoms with Crippen molar-refractivity contribution in [2.75, 3.05) is 25.6 Å². The molecule has 2 aromatic rings. The van der Waals surface area contributed by atoms with Crippen LogP contribution in [0.4, 0.5) is 0 Å². The van der Waals surface area contributed by atoms with E-state index in [2.05, 4.69) is 10.2 Å². The number of rotatable bonds is 7. The summed E-state index contributed by atoms with van der Waals surface area (Å²) >= 11 is 8.65. The first-order chi connectivity index (χ1) is 8.79. The Labute approximate surface area is 117 Å². The van der Waals surface area contributed by atoms with Gasteiger partial charge in [-0.05, 0) is 12.1 Å². The zero-order valence-corrected chi connectivity index (χ0v) is 11.7. The molecule has 5 nitrogen and oxygen atoms in total. The summed E-state index contributed by atoms with van der Waals surface area (Å²) in [6, 6.07) is 3.64. The van der Waals surface area contributed by atoms with Crippen LogP contribution in [0, 0.1) is 0 Å². The van der Waals surface area contributed by atoms with Crippen LogP contribution < -0.4 is 0 Å². The van der Waals surface area contributed by atoms with Crippen molar-refractivity contribution >= 4 is 34.7 Å². The van der Waals surface area contributed by atoms with Gasteiger partial charge in [-0.2, -0.15) is 0 Å². The number of ether oxygens (including phenoxy) is 1. The molecule has 0 unspecified atom stereocenters. The first-order valence-electron chi connectivity index (χ1n) is 5.20. The number of hydrogen-bond acceptors (Lipinski definition) is 7. The maximum absolute atomic E-state index is 8.53. The molecule has 0 aromatic carbocycles. The van der Waals surface area contributed by atoms with Gasteiger partial charge in [0, 0.05) is 5.75 Å². The predicted molar refractivity (Wildman–Crippen MR) is 71.2 cm³/mol. The van der Waals surface area contributed by atoms with Crippen LogP contribution in [0.1, 0.15) is 0 Å². The normalized spacial score (nSPS) is 11.0. The fourth-order valence-electron chi connectivity index (χ4n) is 1.15. The molecule has 1 N–H and O–H groups in total. The molecular weight excluding hydrogens is 296 g/mol. The number of thioether (sulfide) groups is 1. The Hall–Kier alpha value is -0.600. The van der Waals surface area contributed by atoms with Gasteiger partial charge in [0.05, 0.1) is 29.0 Å². The first-order valence-corrected chi connectivity index (χ1v) is 7.38. The largest absolute Gasteiger partial charge is 0.410 e. The molecule has 2 rings (SSSR count). The summed E-state index contributed by atoms with van der Waals surface area (Å²) in [5.74, 6) is 1.18. The monoisotopic (exact) mass is 306 g/mol. The van der Waals surface area contributed by atoms with Crippen LogP contribution in [0.3, 0.4) is 0 Å². The van der Waals surface area contributed by atoms with E-state index >= 15 is 0 Å². The topological polar surface area (TPSA) is 68.4 Å². The minimum atomic E-state index is 0.0362. The van der Waals surface area contributed by atoms with Gasteiger partial charge in [-0.1, -0.05) is 23.4 Å². The van der Waals surface area contributed by atoms with E-state index < -0.39 is 0 Å². The van der Waals surface area contributed by atoms with Crippen LogP contribution >= 0.6 is 34.7 Å². The SMILES string of the molecule is OCCOCCSc1nnc(-c2ccc(Cl)s2)o1. The minimum Gasteiger partial charge on any atom is -0.410 e. The molecule has 0 radical (unpaired) electrons. The van der Waals surface area contributed by atoms with Crippen LogP contribution in [-0.4, -0.2) is 40.9 Å². The van der Waals surface area contributed by atoms with Crippen LogP contribution in [0.15, 0.2) is 21.8 Å². The fourth-order valence-corrected chi connectivity index (χ4v) is 2.73. The van der Waals surface area contributed by atoms with Crippen molar-refractivity contribution in [2.45, 2.75) is 5.22 Å². The number of halogens is 1. The summed E-state index contributed by atoms with van der Waals surface area (Å²) in [6.07, 6.45) is 0. The zero-order valence-electron chi connectivity index (χ0n) is 9.34. The summed E-state index contributed by atoms with van der Waals surface area (Å²) in [5.41, 5.74) is 0. The molecule has 8 heteroatoms. The average molecular weight is 307 g/mol. The third-order valence-corrected chi connectivity index (χ3v) is 3.88. The van der Waals surface area contributed by atoms with Gasteiger partial charge in [0.2, 0.25) is 0 Å². The van der Waals surface area contributed by atoms with Crippen molar-refractivity contribution in [2.24, 2.45) is 0 Å². The van der Waals surface area contributed by atoms with Crippen molar-refractivity contribution in [3.8, 4) is 10.8 Å². The number of hydrogen-bond donors (Lipinski definition) is 1. The summed E-state index contributed by atoms with van der Waals surface area (Å²) in [6.45, 7) is 0.922. The van der Waals surface area contributed by atoms with E-state index in [0.717, 1.165) is 4.88 Å². The van der Waals surface area contributed by atoms with Gasteiger partial charge in [-0.3, -0.25) is 0 Å². The predicted octanol–water partition coefficient (Wildman–Crippen LogP) is 2.55. The average Bonchev–Trinajstić information content (AvgIpc) is 2.97. The molecule has 0 atom stereocenters. The lowest BCUT2D eigenvalue weighted by atomic mass is 10.5. The Morgan fingerprint density at radius 3 is 3.00 bits per heavy atom. The Morgan fingerprint density at radius 2 is 2.28 bits per heavy atom. The second-order valence-corrected chi connectivity index (χ2v) is 5.92. The molecule has 2 aromatic heterocycles. The van der Waals surface area contributed by atoms with Crippen molar-refractivity contribution < 1.29 is 14.3 Å². The second-order valence-electron chi connectivity index (χ2n) is 3.16. The van der Waals surface area contributed by atoms with E-state index in [4.69, 9.17) is 25.9 Å². The van der Waals surface area contributed by atoms with Gasteiger partial charge >= 0.3 is 0 Å². The van der Waals surface area contributed by atoms with Crippen molar-refractivity contribution in [3.63, 3.8) is 0 Å². The highest BCUT2D eigenvalue weighted by Gasteiger charge is 2.10. The van der Waals surface area contributed by atoms with Crippen molar-refractivity contribution in [3.05, 3.63) is 16.5 Å². The van der Waals surface area contributed by atoms with E-state index in [0.29, 0.717) is 34.4 Å². The summed E-state index contributed by atoms with van der Waals surface area (Å²) < 4.78 is 11.3. The van der Waals surface area contributed by atoms with Crippen molar-refractivity contribution in [1.29, 1.82) is 0 Å². The van der Waals surface area contributed by atoms with E-state index in [9.17, 15) is 0 Å². The molecule has 0 saturated carbocycles. The number of aliphatic hydroxyl groups excluding tert-OH is 1. The maximum atomic E-state index is 8.53. The Morgan fingerprint density at radius 1 is 1.39 bits per heavy atom. The van der Waals surface area contributed by atoms with Crippen LogP contribution in [0.25, 0.3) is 10.8 Å². The molecule has 0 bridgehead atoms. The molecular formula is C10H11ClN2O3S2. The molecule has 0 saturated heterocycles. The molecule has 0 spiro atoms. The fraction of sp³-hybridized carbons (Fsp3) is 0.400. The number of aromatic nitrogens is 2. The number of nitrogens with zero attached hydrogens (tertiary/aromatic N) is 2. The highest BCUT2D eigenvalue weighted by atomic mass is 35.5. The smallest absolute Gasteiger partial charge is 0.276 e. The lowest BCUT2D eigenvalue weighted by Crippen LogP contribution is -2.02. The van der Waals surface area contributed by atoms with Gasteiger partial charge in [-0.25, -0.2) is 0 Å². The molecule has 18 heavy (non-hydrogen) atoms. The Balaban J connectivity index is 1.83. The first kappa shape index (κ1) is 13.8. The lowest BCUT2D eigenvalue weighted by Gasteiger charge is -1.98. The van der Waals surface area contributed by atoms with Gasteiger partial charge in [0.25, 0.3) is 11.1 Å². The Bertz CT molecular complexity index is 489. The molecule has 0 aliphatic rings. The van der Waals surface area contributed by atoms with Crippen molar-refractivity contribution in [1.82, 2.24) is 10.2 Å². The Kier molecular flexibility index (Phi) is 5.45. The van der Waals surface area contributed by atoms with Gasteiger partial charge < -0.3 is 14.3 Å². The van der Waals surface area contributed by atoms with E-state index in [1.54, 1.807) is 6.07 Å². The minimum absolute atomic E-state index is 0.0362. The van der Waals surface area contributed by atoms with Gasteiger partial charge in [0.1, 0.15) is 0 Å². The zero-order chi connectivity index (χ0) is 12.8. The summed E-state index contributed by atoms with van der Waals surface area (Å²) in [7, 11) is 0. The lowest BCUT2D eigenvalue weighted by molar-refractivity contribution is 0.103. The summed E-state index contributed by atoms with van der Waals surface area (Å²) in [4.78, 5) is 0.857. The maximum Gasteiger partial charge on any atom is 0.276 e. The van der Waals surface area contributed by atoms with E-state index in [-0.39, 0.29) is 6.61 Å².